The lowest BCUT2D eigenvalue weighted by Crippen LogP contribution is -2.58. The number of hydrogen-bond donors (Lipinski definition) is 1. The molecule has 1 N–H and O–H groups in total. The van der Waals surface area contributed by atoms with Crippen molar-refractivity contribution < 1.29 is 28.7 Å². The van der Waals surface area contributed by atoms with Gasteiger partial charge in [-0.2, -0.15) is 0 Å². The maximum atomic E-state index is 12.4. The van der Waals surface area contributed by atoms with Gasteiger partial charge in [-0.1, -0.05) is 12.1 Å². The van der Waals surface area contributed by atoms with Crippen LogP contribution in [0.5, 0.6) is 0 Å². The van der Waals surface area contributed by atoms with Gasteiger partial charge in [0.2, 0.25) is 0 Å². The number of carbonyl (C=O) groups is 5. The van der Waals surface area contributed by atoms with E-state index in [9.17, 15) is 24.0 Å². The molecule has 156 valence electrons. The third kappa shape index (κ3) is 5.40. The van der Waals surface area contributed by atoms with Gasteiger partial charge in [0.25, 0.3) is 0 Å². The second-order valence-electron chi connectivity index (χ2n) is 7.53. The van der Waals surface area contributed by atoms with E-state index in [1.807, 2.05) is 0 Å². The molecule has 0 bridgehead atoms. The molecule has 1 unspecified atom stereocenters. The van der Waals surface area contributed by atoms with Crippen molar-refractivity contribution in [2.75, 3.05) is 19.6 Å². The molecule has 1 heterocycles. The molecule has 29 heavy (non-hydrogen) atoms. The number of benzene rings is 1. The van der Waals surface area contributed by atoms with E-state index in [4.69, 9.17) is 4.74 Å². The fourth-order valence-corrected chi connectivity index (χ4v) is 2.74. The molecule has 2 rings (SSSR count). The van der Waals surface area contributed by atoms with Gasteiger partial charge < -0.3 is 19.7 Å². The van der Waals surface area contributed by atoms with Gasteiger partial charge in [0.15, 0.2) is 0 Å². The predicted molar refractivity (Wildman–Crippen MR) is 103 cm³/mol. The zero-order chi connectivity index (χ0) is 21.8. The Balaban J connectivity index is 2.07. The van der Waals surface area contributed by atoms with Gasteiger partial charge in [-0.3, -0.25) is 14.5 Å². The Morgan fingerprint density at radius 2 is 1.76 bits per heavy atom. The van der Waals surface area contributed by atoms with Crippen molar-refractivity contribution in [3.8, 4) is 0 Å². The van der Waals surface area contributed by atoms with Crippen molar-refractivity contribution in [3.63, 3.8) is 0 Å². The Morgan fingerprint density at radius 3 is 2.28 bits per heavy atom. The molecule has 0 spiro atoms. The molecule has 0 aliphatic carbocycles. The SMILES string of the molecule is CCN1CCN(C(=O)NC(C=O)c2ccc(C(=O)OC(C)(C)C)cc2)C(=O)C1=O. The van der Waals surface area contributed by atoms with Crippen LogP contribution in [0.15, 0.2) is 24.3 Å². The largest absolute Gasteiger partial charge is 0.456 e. The third-order valence-corrected chi connectivity index (χ3v) is 4.26. The number of nitrogens with zero attached hydrogens (tertiary/aromatic N) is 2. The lowest BCUT2D eigenvalue weighted by atomic mass is 10.1. The molecular formula is C20H25N3O6. The Bertz CT molecular complexity index is 813. The topological polar surface area (TPSA) is 113 Å². The van der Waals surface area contributed by atoms with Crippen molar-refractivity contribution in [2.24, 2.45) is 0 Å². The maximum Gasteiger partial charge on any atom is 0.338 e. The lowest BCUT2D eigenvalue weighted by Gasteiger charge is -2.32. The van der Waals surface area contributed by atoms with E-state index in [1.165, 1.54) is 29.2 Å². The van der Waals surface area contributed by atoms with Gasteiger partial charge in [-0.25, -0.2) is 9.59 Å². The van der Waals surface area contributed by atoms with Crippen LogP contribution in [0.1, 0.15) is 49.7 Å². The first-order valence-electron chi connectivity index (χ1n) is 9.27. The number of urea groups is 1. The van der Waals surface area contributed by atoms with E-state index < -0.39 is 35.5 Å². The Kier molecular flexibility index (Phi) is 6.73. The summed E-state index contributed by atoms with van der Waals surface area (Å²) < 4.78 is 5.28. The molecule has 9 nitrogen and oxygen atoms in total. The first-order chi connectivity index (χ1) is 13.6. The van der Waals surface area contributed by atoms with Crippen LogP contribution >= 0.6 is 0 Å². The van der Waals surface area contributed by atoms with Gasteiger partial charge in [-0.05, 0) is 45.4 Å². The Labute approximate surface area is 169 Å². The summed E-state index contributed by atoms with van der Waals surface area (Å²) in [4.78, 5) is 62.2. The number of esters is 1. The summed E-state index contributed by atoms with van der Waals surface area (Å²) in [7, 11) is 0. The zero-order valence-electron chi connectivity index (χ0n) is 16.9. The lowest BCUT2D eigenvalue weighted by molar-refractivity contribution is -0.153. The minimum Gasteiger partial charge on any atom is -0.456 e. The van der Waals surface area contributed by atoms with Crippen LogP contribution in [0.4, 0.5) is 4.79 Å². The molecule has 0 saturated carbocycles. The van der Waals surface area contributed by atoms with Crippen LogP contribution in [-0.4, -0.2) is 65.1 Å². The van der Waals surface area contributed by atoms with E-state index in [1.54, 1.807) is 27.7 Å². The van der Waals surface area contributed by atoms with Gasteiger partial charge in [0.1, 0.15) is 17.9 Å². The molecule has 1 fully saturated rings. The molecule has 1 aliphatic heterocycles. The number of imide groups is 1. The number of likely N-dealkylation sites (N-methyl/N-ethyl adjacent to an activating group) is 1. The van der Waals surface area contributed by atoms with Crippen molar-refractivity contribution in [1.82, 2.24) is 15.1 Å². The minimum atomic E-state index is -1.04. The summed E-state index contributed by atoms with van der Waals surface area (Å²) in [6, 6.07) is 4.14. The molecule has 9 heteroatoms. The smallest absolute Gasteiger partial charge is 0.338 e. The quantitative estimate of drug-likeness (QED) is 0.450. The highest BCUT2D eigenvalue weighted by atomic mass is 16.6. The summed E-state index contributed by atoms with van der Waals surface area (Å²) in [6.45, 7) is 7.67. The first-order valence-corrected chi connectivity index (χ1v) is 9.27. The van der Waals surface area contributed by atoms with Gasteiger partial charge in [0.05, 0.1) is 5.56 Å². The summed E-state index contributed by atoms with van der Waals surface area (Å²) in [5.74, 6) is -2.19. The van der Waals surface area contributed by atoms with E-state index in [2.05, 4.69) is 5.32 Å². The van der Waals surface area contributed by atoms with Crippen molar-refractivity contribution >= 4 is 30.1 Å². The molecule has 1 saturated heterocycles. The standard InChI is InChI=1S/C20H25N3O6/c1-5-22-10-11-23(17(26)16(22)25)19(28)21-15(12-24)13-6-8-14(9-7-13)18(27)29-20(2,3)4/h6-9,12,15H,5,10-11H2,1-4H3,(H,21,28). The first kappa shape index (κ1) is 22.1. The van der Waals surface area contributed by atoms with Gasteiger partial charge in [-0.15, -0.1) is 0 Å². The monoisotopic (exact) mass is 403 g/mol. The molecule has 0 aromatic heterocycles. The van der Waals surface area contributed by atoms with E-state index >= 15 is 0 Å². The van der Waals surface area contributed by atoms with Crippen LogP contribution in [0.25, 0.3) is 0 Å². The second-order valence-corrected chi connectivity index (χ2v) is 7.53. The normalized spacial score (nSPS) is 15.7. The average molecular weight is 403 g/mol. The summed E-state index contributed by atoms with van der Waals surface area (Å²) in [6.07, 6.45) is 0.509. The molecule has 4 amide bonds. The fourth-order valence-electron chi connectivity index (χ4n) is 2.74. The average Bonchev–Trinajstić information content (AvgIpc) is 2.66. The predicted octanol–water partition coefficient (Wildman–Crippen LogP) is 1.28. The zero-order valence-corrected chi connectivity index (χ0v) is 16.9. The Morgan fingerprint density at radius 1 is 1.14 bits per heavy atom. The van der Waals surface area contributed by atoms with E-state index in [0.29, 0.717) is 24.0 Å². The number of piperazine rings is 1. The number of hydrogen-bond acceptors (Lipinski definition) is 6. The summed E-state index contributed by atoms with van der Waals surface area (Å²) in [5, 5.41) is 2.43. The third-order valence-electron chi connectivity index (χ3n) is 4.26. The van der Waals surface area contributed by atoms with E-state index in [-0.39, 0.29) is 13.1 Å². The number of nitrogens with one attached hydrogen (secondary N) is 1. The Hall–Kier alpha value is -3.23. The number of rotatable bonds is 5. The fraction of sp³-hybridized carbons (Fsp3) is 0.450. The van der Waals surface area contributed by atoms with Gasteiger partial charge >= 0.3 is 23.8 Å². The number of ether oxygens (including phenoxy) is 1. The van der Waals surface area contributed by atoms with Crippen LogP contribution in [-0.2, 0) is 19.1 Å². The van der Waals surface area contributed by atoms with Crippen molar-refractivity contribution in [1.29, 1.82) is 0 Å². The molecular weight excluding hydrogens is 378 g/mol. The highest BCUT2D eigenvalue weighted by molar-refractivity contribution is 6.38. The van der Waals surface area contributed by atoms with E-state index in [0.717, 1.165) is 4.90 Å². The molecule has 1 aromatic carbocycles. The molecule has 1 aromatic rings. The van der Waals surface area contributed by atoms with Crippen LogP contribution in [0.3, 0.4) is 0 Å². The number of aldehydes is 1. The van der Waals surface area contributed by atoms with Crippen molar-refractivity contribution in [3.05, 3.63) is 35.4 Å². The summed E-state index contributed by atoms with van der Waals surface area (Å²) in [5.41, 5.74) is 0.0867. The minimum absolute atomic E-state index is 0.0490. The summed E-state index contributed by atoms with van der Waals surface area (Å²) >= 11 is 0. The highest BCUT2D eigenvalue weighted by Gasteiger charge is 2.36. The van der Waals surface area contributed by atoms with Crippen LogP contribution in [0.2, 0.25) is 0 Å². The molecule has 1 atom stereocenters. The second kappa shape index (κ2) is 8.85. The molecule has 0 radical (unpaired) electrons. The maximum absolute atomic E-state index is 12.4. The van der Waals surface area contributed by atoms with Crippen LogP contribution < -0.4 is 5.32 Å². The van der Waals surface area contributed by atoms with Gasteiger partial charge in [0, 0.05) is 19.6 Å². The van der Waals surface area contributed by atoms with Crippen molar-refractivity contribution in [2.45, 2.75) is 39.3 Å². The van der Waals surface area contributed by atoms with Crippen LogP contribution in [0, 0.1) is 0 Å². The molecule has 1 aliphatic rings. The highest BCUT2D eigenvalue weighted by Crippen LogP contribution is 2.16. The number of amides is 4. The number of carbonyl (C=O) groups excluding carboxylic acids is 5.